The van der Waals surface area contributed by atoms with E-state index >= 15 is 0 Å². The zero-order chi connectivity index (χ0) is 18.9. The molecule has 0 saturated carbocycles. The topological polar surface area (TPSA) is 52.6 Å². The second-order valence-electron chi connectivity index (χ2n) is 7.08. The van der Waals surface area contributed by atoms with Crippen molar-refractivity contribution >= 4 is 41.3 Å². The Hall–Kier alpha value is -1.19. The van der Waals surface area contributed by atoms with E-state index in [1.807, 2.05) is 25.2 Å². The molecule has 1 atom stereocenters. The standard InChI is InChI=1S/C21H31N5S.HI/c1-17-9-6-7-13-26(17)14-8-12-23-21(22-2)24-15-20-25-19(16-27-20)18-10-4-3-5-11-18;/h3-5,10-11,16-17H,6-9,12-15H2,1-2H3,(H2,22,23,24);1H. The Kier molecular flexibility index (Phi) is 10.2. The smallest absolute Gasteiger partial charge is 0.191 e. The molecule has 0 spiro atoms. The molecule has 2 heterocycles. The van der Waals surface area contributed by atoms with Gasteiger partial charge in [0, 0.05) is 37.1 Å². The van der Waals surface area contributed by atoms with E-state index in [9.17, 15) is 0 Å². The molecule has 7 heteroatoms. The van der Waals surface area contributed by atoms with Crippen LogP contribution in [0.1, 0.15) is 37.6 Å². The van der Waals surface area contributed by atoms with Gasteiger partial charge in [-0.15, -0.1) is 35.3 Å². The van der Waals surface area contributed by atoms with Gasteiger partial charge in [-0.2, -0.15) is 0 Å². The molecule has 2 aromatic rings. The van der Waals surface area contributed by atoms with Gasteiger partial charge in [0.2, 0.25) is 0 Å². The highest BCUT2D eigenvalue weighted by atomic mass is 127. The molecule has 1 aliphatic heterocycles. The van der Waals surface area contributed by atoms with Gasteiger partial charge in [0.1, 0.15) is 5.01 Å². The maximum Gasteiger partial charge on any atom is 0.191 e. The third-order valence-electron chi connectivity index (χ3n) is 5.11. The lowest BCUT2D eigenvalue weighted by molar-refractivity contribution is 0.159. The second kappa shape index (κ2) is 12.4. The highest BCUT2D eigenvalue weighted by molar-refractivity contribution is 14.0. The number of nitrogens with one attached hydrogen (secondary N) is 2. The van der Waals surface area contributed by atoms with Gasteiger partial charge >= 0.3 is 0 Å². The molecule has 5 nitrogen and oxygen atoms in total. The first-order valence-corrected chi connectivity index (χ1v) is 10.8. The van der Waals surface area contributed by atoms with Gasteiger partial charge in [-0.3, -0.25) is 4.99 Å². The first-order chi connectivity index (χ1) is 13.3. The Morgan fingerprint density at radius 1 is 1.25 bits per heavy atom. The molecule has 1 aliphatic rings. The summed E-state index contributed by atoms with van der Waals surface area (Å²) in [7, 11) is 1.82. The normalized spacial score (nSPS) is 17.8. The second-order valence-corrected chi connectivity index (χ2v) is 8.02. The average Bonchev–Trinajstić information content (AvgIpc) is 3.18. The molecule has 0 radical (unpaired) electrons. The summed E-state index contributed by atoms with van der Waals surface area (Å²) in [6.07, 6.45) is 5.21. The lowest BCUT2D eigenvalue weighted by atomic mass is 10.0. The Morgan fingerprint density at radius 3 is 2.82 bits per heavy atom. The zero-order valence-corrected chi connectivity index (χ0v) is 20.0. The predicted molar refractivity (Wildman–Crippen MR) is 131 cm³/mol. The molecule has 0 bridgehead atoms. The zero-order valence-electron chi connectivity index (χ0n) is 16.9. The van der Waals surface area contributed by atoms with Crippen LogP contribution in [-0.2, 0) is 6.54 Å². The average molecular weight is 513 g/mol. The Labute approximate surface area is 190 Å². The van der Waals surface area contributed by atoms with Crippen LogP contribution in [0, 0.1) is 0 Å². The minimum atomic E-state index is 0. The van der Waals surface area contributed by atoms with E-state index in [-0.39, 0.29) is 24.0 Å². The van der Waals surface area contributed by atoms with Gasteiger partial charge in [-0.1, -0.05) is 36.8 Å². The summed E-state index contributed by atoms with van der Waals surface area (Å²) in [5.74, 6) is 0.846. The van der Waals surface area contributed by atoms with Crippen LogP contribution in [0.15, 0.2) is 40.7 Å². The molecule has 2 N–H and O–H groups in total. The molecule has 1 unspecified atom stereocenters. The monoisotopic (exact) mass is 513 g/mol. The van der Waals surface area contributed by atoms with Crippen LogP contribution in [0.5, 0.6) is 0 Å². The predicted octanol–water partition coefficient (Wildman–Crippen LogP) is 4.36. The fourth-order valence-corrected chi connectivity index (χ4v) is 4.24. The molecule has 1 saturated heterocycles. The van der Waals surface area contributed by atoms with Crippen molar-refractivity contribution in [2.75, 3.05) is 26.7 Å². The lowest BCUT2D eigenvalue weighted by Gasteiger charge is -2.33. The van der Waals surface area contributed by atoms with E-state index in [1.165, 1.54) is 25.8 Å². The summed E-state index contributed by atoms with van der Waals surface area (Å²) in [6, 6.07) is 11.0. The Balaban J connectivity index is 0.00000280. The number of likely N-dealkylation sites (tertiary alicyclic amines) is 1. The van der Waals surface area contributed by atoms with E-state index in [4.69, 9.17) is 4.98 Å². The molecular formula is C21H32IN5S. The molecule has 1 fully saturated rings. The molecule has 154 valence electrons. The first kappa shape index (κ1) is 23.1. The Morgan fingerprint density at radius 2 is 2.07 bits per heavy atom. The van der Waals surface area contributed by atoms with Crippen molar-refractivity contribution in [1.82, 2.24) is 20.5 Å². The summed E-state index contributed by atoms with van der Waals surface area (Å²) >= 11 is 1.68. The molecule has 0 amide bonds. The number of benzene rings is 1. The number of hydrogen-bond acceptors (Lipinski definition) is 4. The summed E-state index contributed by atoms with van der Waals surface area (Å²) in [5.41, 5.74) is 2.20. The van der Waals surface area contributed by atoms with E-state index in [1.54, 1.807) is 11.3 Å². The highest BCUT2D eigenvalue weighted by Gasteiger charge is 2.17. The first-order valence-electron chi connectivity index (χ1n) is 9.94. The molecule has 1 aromatic carbocycles. The van der Waals surface area contributed by atoms with Crippen LogP contribution in [-0.4, -0.2) is 48.6 Å². The molecular weight excluding hydrogens is 481 g/mol. The third kappa shape index (κ3) is 7.00. The number of rotatable bonds is 7. The highest BCUT2D eigenvalue weighted by Crippen LogP contribution is 2.21. The summed E-state index contributed by atoms with van der Waals surface area (Å²) in [4.78, 5) is 11.7. The van der Waals surface area contributed by atoms with E-state index in [2.05, 4.69) is 45.0 Å². The van der Waals surface area contributed by atoms with Gasteiger partial charge in [-0.25, -0.2) is 4.98 Å². The molecule has 0 aliphatic carbocycles. The van der Waals surface area contributed by atoms with Crippen molar-refractivity contribution in [3.8, 4) is 11.3 Å². The Bertz CT molecular complexity index is 719. The van der Waals surface area contributed by atoms with E-state index in [0.717, 1.165) is 47.8 Å². The molecule has 1 aromatic heterocycles. The summed E-state index contributed by atoms with van der Waals surface area (Å²) in [6.45, 7) is 6.40. The van der Waals surface area contributed by atoms with Gasteiger partial charge < -0.3 is 15.5 Å². The van der Waals surface area contributed by atoms with Gasteiger partial charge in [0.05, 0.1) is 12.2 Å². The van der Waals surface area contributed by atoms with E-state index in [0.29, 0.717) is 6.54 Å². The maximum atomic E-state index is 4.72. The number of aromatic nitrogens is 1. The van der Waals surface area contributed by atoms with Crippen molar-refractivity contribution in [2.45, 2.75) is 45.2 Å². The van der Waals surface area contributed by atoms with E-state index < -0.39 is 0 Å². The van der Waals surface area contributed by atoms with Crippen molar-refractivity contribution in [2.24, 2.45) is 4.99 Å². The molecule has 3 rings (SSSR count). The SMILES string of the molecule is CN=C(NCCCN1CCCCC1C)NCc1nc(-c2ccccc2)cs1.I. The lowest BCUT2D eigenvalue weighted by Crippen LogP contribution is -2.41. The number of halogens is 1. The fraction of sp³-hybridized carbons (Fsp3) is 0.524. The minimum Gasteiger partial charge on any atom is -0.356 e. The van der Waals surface area contributed by atoms with Gasteiger partial charge in [-0.05, 0) is 32.7 Å². The van der Waals surface area contributed by atoms with Crippen LogP contribution in [0.4, 0.5) is 0 Å². The fourth-order valence-electron chi connectivity index (χ4n) is 3.49. The van der Waals surface area contributed by atoms with Crippen LogP contribution >= 0.6 is 35.3 Å². The van der Waals surface area contributed by atoms with Crippen molar-refractivity contribution < 1.29 is 0 Å². The van der Waals surface area contributed by atoms with Crippen LogP contribution in [0.3, 0.4) is 0 Å². The number of aliphatic imine (C=N–C) groups is 1. The van der Waals surface area contributed by atoms with Gasteiger partial charge in [0.15, 0.2) is 5.96 Å². The van der Waals surface area contributed by atoms with Crippen LogP contribution < -0.4 is 10.6 Å². The number of guanidine groups is 1. The summed E-state index contributed by atoms with van der Waals surface area (Å²) < 4.78 is 0. The quantitative estimate of drug-likeness (QED) is 0.250. The molecule has 28 heavy (non-hydrogen) atoms. The van der Waals surface area contributed by atoms with Crippen LogP contribution in [0.25, 0.3) is 11.3 Å². The minimum absolute atomic E-state index is 0. The largest absolute Gasteiger partial charge is 0.356 e. The van der Waals surface area contributed by atoms with Crippen molar-refractivity contribution in [1.29, 1.82) is 0 Å². The number of thiazole rings is 1. The summed E-state index contributed by atoms with van der Waals surface area (Å²) in [5, 5.41) is 9.97. The number of nitrogens with zero attached hydrogens (tertiary/aromatic N) is 3. The maximum absolute atomic E-state index is 4.72. The third-order valence-corrected chi connectivity index (χ3v) is 5.96. The van der Waals surface area contributed by atoms with Crippen molar-refractivity contribution in [3.63, 3.8) is 0 Å². The van der Waals surface area contributed by atoms with Crippen molar-refractivity contribution in [3.05, 3.63) is 40.7 Å². The number of piperidine rings is 1. The number of hydrogen-bond donors (Lipinski definition) is 2. The van der Waals surface area contributed by atoms with Crippen LogP contribution in [0.2, 0.25) is 0 Å². The van der Waals surface area contributed by atoms with Gasteiger partial charge in [0.25, 0.3) is 0 Å².